The molecule has 5 nitrogen and oxygen atoms in total. The molecule has 1 unspecified atom stereocenters. The molecule has 1 saturated heterocycles. The summed E-state index contributed by atoms with van der Waals surface area (Å²) in [5.74, 6) is 0.0287. The molecule has 29 heavy (non-hydrogen) atoms. The maximum atomic E-state index is 10.5. The maximum Gasteiger partial charge on any atom is 0.113 e. The van der Waals surface area contributed by atoms with Gasteiger partial charge in [-0.2, -0.15) is 0 Å². The van der Waals surface area contributed by atoms with Gasteiger partial charge in [0.25, 0.3) is 0 Å². The molecule has 1 fully saturated rings. The fourth-order valence-electron chi connectivity index (χ4n) is 3.91. The zero-order chi connectivity index (χ0) is 20.4. The first-order valence-corrected chi connectivity index (χ1v) is 10.5. The largest absolute Gasteiger partial charge is 0.394 e. The number of aliphatic hydroxyl groups excluding tert-OH is 4. The fraction of sp³-hybridized carbons (Fsp3) is 0.304. The van der Waals surface area contributed by atoms with E-state index < -0.39 is 37.1 Å². The van der Waals surface area contributed by atoms with Crippen molar-refractivity contribution in [1.82, 2.24) is 0 Å². The van der Waals surface area contributed by atoms with Crippen molar-refractivity contribution in [2.75, 3.05) is 6.61 Å². The van der Waals surface area contributed by atoms with E-state index in [1.54, 1.807) is 11.3 Å². The number of rotatable bonds is 5. The van der Waals surface area contributed by atoms with E-state index in [9.17, 15) is 20.4 Å². The van der Waals surface area contributed by atoms with E-state index in [2.05, 4.69) is 18.2 Å². The predicted molar refractivity (Wildman–Crippen MR) is 111 cm³/mol. The number of hydrogen-bond donors (Lipinski definition) is 4. The van der Waals surface area contributed by atoms with Crippen LogP contribution in [0.25, 0.3) is 0 Å². The van der Waals surface area contributed by atoms with Gasteiger partial charge in [0.05, 0.1) is 6.61 Å². The van der Waals surface area contributed by atoms with E-state index >= 15 is 0 Å². The smallest absolute Gasteiger partial charge is 0.113 e. The molecule has 0 saturated carbocycles. The van der Waals surface area contributed by atoms with Crippen molar-refractivity contribution in [2.24, 2.45) is 0 Å². The van der Waals surface area contributed by atoms with Crippen molar-refractivity contribution in [3.63, 3.8) is 0 Å². The normalized spacial score (nSPS) is 28.2. The Kier molecular flexibility index (Phi) is 6.10. The second-order valence-corrected chi connectivity index (χ2v) is 8.26. The third kappa shape index (κ3) is 4.00. The van der Waals surface area contributed by atoms with Gasteiger partial charge in [-0.25, -0.2) is 0 Å². The van der Waals surface area contributed by atoms with Gasteiger partial charge in [0, 0.05) is 10.8 Å². The lowest BCUT2D eigenvalue weighted by Gasteiger charge is -2.40. The van der Waals surface area contributed by atoms with Gasteiger partial charge < -0.3 is 25.2 Å². The van der Waals surface area contributed by atoms with Crippen molar-refractivity contribution in [1.29, 1.82) is 0 Å². The van der Waals surface area contributed by atoms with E-state index in [1.807, 2.05) is 53.9 Å². The molecule has 2 heterocycles. The monoisotopic (exact) mass is 412 g/mol. The summed E-state index contributed by atoms with van der Waals surface area (Å²) < 4.78 is 5.74. The molecule has 6 heteroatoms. The fourth-order valence-corrected chi connectivity index (χ4v) is 4.79. The number of benzene rings is 2. The average molecular weight is 413 g/mol. The van der Waals surface area contributed by atoms with Crippen LogP contribution in [0.15, 0.2) is 72.1 Å². The molecule has 1 aliphatic heterocycles. The molecule has 0 radical (unpaired) electrons. The van der Waals surface area contributed by atoms with Gasteiger partial charge in [-0.15, -0.1) is 11.3 Å². The lowest BCUT2D eigenvalue weighted by atomic mass is 9.86. The highest BCUT2D eigenvalue weighted by Gasteiger charge is 2.44. The summed E-state index contributed by atoms with van der Waals surface area (Å²) in [5.41, 5.74) is 2.88. The van der Waals surface area contributed by atoms with Crippen molar-refractivity contribution in [3.05, 3.63) is 93.7 Å². The zero-order valence-corrected chi connectivity index (χ0v) is 16.5. The highest BCUT2D eigenvalue weighted by molar-refractivity contribution is 7.10. The third-order valence-electron chi connectivity index (χ3n) is 5.43. The molecule has 0 bridgehead atoms. The minimum absolute atomic E-state index is 0.0287. The van der Waals surface area contributed by atoms with Gasteiger partial charge in [-0.3, -0.25) is 0 Å². The molecule has 0 aliphatic carbocycles. The van der Waals surface area contributed by atoms with Crippen molar-refractivity contribution >= 4 is 11.3 Å². The topological polar surface area (TPSA) is 90.2 Å². The van der Waals surface area contributed by atoms with Crippen LogP contribution in [0, 0.1) is 0 Å². The first-order chi connectivity index (χ1) is 14.1. The Morgan fingerprint density at radius 1 is 0.828 bits per heavy atom. The van der Waals surface area contributed by atoms with Crippen LogP contribution in [0.3, 0.4) is 0 Å². The first kappa shape index (κ1) is 20.2. The molecule has 4 rings (SSSR count). The van der Waals surface area contributed by atoms with Gasteiger partial charge >= 0.3 is 0 Å². The highest BCUT2D eigenvalue weighted by atomic mass is 32.1. The molecule has 152 valence electrons. The van der Waals surface area contributed by atoms with Crippen LogP contribution >= 0.6 is 11.3 Å². The van der Waals surface area contributed by atoms with Gasteiger partial charge in [-0.1, -0.05) is 60.7 Å². The van der Waals surface area contributed by atoms with Crippen LogP contribution in [0.4, 0.5) is 0 Å². The summed E-state index contributed by atoms with van der Waals surface area (Å²) in [5, 5.41) is 42.2. The molecule has 4 N–H and O–H groups in total. The van der Waals surface area contributed by atoms with Gasteiger partial charge in [0.1, 0.15) is 30.5 Å². The van der Waals surface area contributed by atoms with Crippen molar-refractivity contribution < 1.29 is 25.2 Å². The minimum Gasteiger partial charge on any atom is -0.394 e. The van der Waals surface area contributed by atoms with E-state index in [-0.39, 0.29) is 5.92 Å². The Labute approximate surface area is 173 Å². The molecular formula is C23H24O5S. The molecule has 2 aromatic carbocycles. The average Bonchev–Trinajstić information content (AvgIpc) is 3.28. The van der Waals surface area contributed by atoms with Crippen LogP contribution in [-0.2, 0) is 4.74 Å². The van der Waals surface area contributed by atoms with Gasteiger partial charge in [-0.05, 0) is 28.1 Å². The Hall–Kier alpha value is -2.06. The van der Waals surface area contributed by atoms with E-state index in [0.29, 0.717) is 5.56 Å². The molecule has 3 aromatic rings. The molecule has 6 atom stereocenters. The molecule has 0 spiro atoms. The Balaban J connectivity index is 1.72. The first-order valence-electron chi connectivity index (χ1n) is 9.59. The highest BCUT2D eigenvalue weighted by Crippen LogP contribution is 2.38. The Morgan fingerprint density at radius 2 is 1.59 bits per heavy atom. The minimum atomic E-state index is -1.39. The third-order valence-corrected chi connectivity index (χ3v) is 6.36. The number of thiophene rings is 1. The molecule has 0 amide bonds. The lowest BCUT2D eigenvalue weighted by Crippen LogP contribution is -2.55. The van der Waals surface area contributed by atoms with Crippen LogP contribution < -0.4 is 0 Å². The summed E-state index contributed by atoms with van der Waals surface area (Å²) in [4.78, 5) is 1.20. The molecule has 1 aliphatic rings. The lowest BCUT2D eigenvalue weighted by molar-refractivity contribution is -0.231. The predicted octanol–water partition coefficient (Wildman–Crippen LogP) is 2.44. The van der Waals surface area contributed by atoms with Crippen LogP contribution in [0.2, 0.25) is 0 Å². The zero-order valence-electron chi connectivity index (χ0n) is 15.7. The second-order valence-electron chi connectivity index (χ2n) is 7.28. The standard InChI is InChI=1S/C23H24O5S/c24-13-17-20(25)21(26)22(27)23(28-17)16-9-4-8-15(12-16)19(18-10-5-11-29-18)14-6-2-1-3-7-14/h1-12,17,19-27H,13H2/t17-,19?,20-,21+,22-,23+/m1/s1. The van der Waals surface area contributed by atoms with Crippen molar-refractivity contribution in [2.45, 2.75) is 36.4 Å². The number of ether oxygens (including phenoxy) is 1. The van der Waals surface area contributed by atoms with E-state index in [0.717, 1.165) is 11.1 Å². The Bertz CT molecular complexity index is 912. The summed E-state index contributed by atoms with van der Waals surface area (Å²) >= 11 is 1.68. The van der Waals surface area contributed by atoms with Crippen molar-refractivity contribution in [3.8, 4) is 0 Å². The van der Waals surface area contributed by atoms with Crippen LogP contribution in [-0.4, -0.2) is 51.4 Å². The van der Waals surface area contributed by atoms with Gasteiger partial charge in [0.2, 0.25) is 0 Å². The second kappa shape index (κ2) is 8.75. The van der Waals surface area contributed by atoms with Crippen LogP contribution in [0.5, 0.6) is 0 Å². The van der Waals surface area contributed by atoms with Gasteiger partial charge in [0.15, 0.2) is 0 Å². The SMILES string of the molecule is OC[C@H]1O[C@@H](c2cccc(C(c3ccccc3)c3cccs3)c2)[C@H](O)[C@@H](O)[C@@H]1O. The number of hydrogen-bond acceptors (Lipinski definition) is 6. The Morgan fingerprint density at radius 3 is 2.28 bits per heavy atom. The summed E-state index contributed by atoms with van der Waals surface area (Å²) in [6, 6.07) is 22.0. The van der Waals surface area contributed by atoms with E-state index in [1.165, 1.54) is 4.88 Å². The summed E-state index contributed by atoms with van der Waals surface area (Å²) in [6.07, 6.45) is -5.82. The summed E-state index contributed by atoms with van der Waals surface area (Å²) in [6.45, 7) is -0.441. The molecular weight excluding hydrogens is 388 g/mol. The van der Waals surface area contributed by atoms with Crippen LogP contribution in [0.1, 0.15) is 33.6 Å². The van der Waals surface area contributed by atoms with E-state index in [4.69, 9.17) is 4.74 Å². The molecule has 1 aromatic heterocycles. The summed E-state index contributed by atoms with van der Waals surface area (Å²) in [7, 11) is 0. The number of aliphatic hydroxyl groups is 4. The maximum absolute atomic E-state index is 10.5. The quantitative estimate of drug-likeness (QED) is 0.517.